The highest BCUT2D eigenvalue weighted by Crippen LogP contribution is 2.20. The number of rotatable bonds is 9. The molecule has 1 atom stereocenters. The maximum Gasteiger partial charge on any atom is 0.317 e. The van der Waals surface area contributed by atoms with Crippen LogP contribution in [0, 0.1) is 0 Å². The molecule has 0 aliphatic rings. The molecule has 124 valence electrons. The van der Waals surface area contributed by atoms with Crippen molar-refractivity contribution in [3.05, 3.63) is 34.9 Å². The summed E-state index contributed by atoms with van der Waals surface area (Å²) in [4.78, 5) is 13.8. The van der Waals surface area contributed by atoms with Crippen molar-refractivity contribution < 1.29 is 9.53 Å². The molecule has 0 heterocycles. The Morgan fingerprint density at radius 2 is 1.91 bits per heavy atom. The Balaban J connectivity index is 2.27. The Morgan fingerprint density at radius 1 is 1.27 bits per heavy atom. The zero-order valence-electron chi connectivity index (χ0n) is 13.8. The summed E-state index contributed by atoms with van der Waals surface area (Å²) in [5.41, 5.74) is 1.06. The molecule has 0 aliphatic carbocycles. The van der Waals surface area contributed by atoms with E-state index in [1.807, 2.05) is 31.2 Å². The number of carbonyl (C=O) groups is 1. The molecule has 0 saturated heterocycles. The zero-order chi connectivity index (χ0) is 16.4. The smallest absolute Gasteiger partial charge is 0.317 e. The number of halogens is 1. The molecule has 1 aromatic carbocycles. The molecule has 1 aromatic rings. The van der Waals surface area contributed by atoms with E-state index in [1.54, 1.807) is 11.9 Å². The van der Waals surface area contributed by atoms with Gasteiger partial charge in [0.1, 0.15) is 0 Å². The molecule has 0 aliphatic heterocycles. The van der Waals surface area contributed by atoms with Gasteiger partial charge in [0.05, 0.1) is 6.04 Å². The molecule has 1 unspecified atom stereocenters. The molecule has 2 amide bonds. The monoisotopic (exact) mass is 326 g/mol. The molecule has 0 spiro atoms. The van der Waals surface area contributed by atoms with Crippen molar-refractivity contribution >= 4 is 17.6 Å². The fourth-order valence-electron chi connectivity index (χ4n) is 1.98. The Bertz CT molecular complexity index is 437. The molecule has 1 N–H and O–H groups in total. The van der Waals surface area contributed by atoms with Crippen LogP contribution in [0.5, 0.6) is 0 Å². The largest absolute Gasteiger partial charge is 0.381 e. The minimum Gasteiger partial charge on any atom is -0.381 e. The number of carbonyl (C=O) groups excluding carboxylic acids is 1. The average Bonchev–Trinajstić information content (AvgIpc) is 2.53. The molecular weight excluding hydrogens is 300 g/mol. The topological polar surface area (TPSA) is 41.6 Å². The summed E-state index contributed by atoms with van der Waals surface area (Å²) in [6.45, 7) is 6.26. The van der Waals surface area contributed by atoms with E-state index in [9.17, 15) is 4.79 Å². The molecule has 0 aromatic heterocycles. The maximum atomic E-state index is 12.1. The number of urea groups is 1. The van der Waals surface area contributed by atoms with Crippen molar-refractivity contribution in [3.8, 4) is 0 Å². The number of ether oxygens (including phenoxy) is 1. The Morgan fingerprint density at radius 3 is 2.55 bits per heavy atom. The summed E-state index contributed by atoms with van der Waals surface area (Å²) in [6, 6.07) is 7.49. The summed E-state index contributed by atoms with van der Waals surface area (Å²) < 4.78 is 5.47. The molecule has 5 heteroatoms. The number of benzene rings is 1. The van der Waals surface area contributed by atoms with Crippen LogP contribution in [0.1, 0.15) is 44.7 Å². The van der Waals surface area contributed by atoms with Crippen molar-refractivity contribution in [3.63, 3.8) is 0 Å². The van der Waals surface area contributed by atoms with Crippen molar-refractivity contribution in [2.45, 2.75) is 39.2 Å². The molecule has 22 heavy (non-hydrogen) atoms. The summed E-state index contributed by atoms with van der Waals surface area (Å²) in [6.07, 6.45) is 3.07. The van der Waals surface area contributed by atoms with Gasteiger partial charge in [-0.3, -0.25) is 0 Å². The van der Waals surface area contributed by atoms with Crippen LogP contribution in [0.4, 0.5) is 4.79 Å². The third kappa shape index (κ3) is 6.67. The summed E-state index contributed by atoms with van der Waals surface area (Å²) in [5.74, 6) is 0. The van der Waals surface area contributed by atoms with Gasteiger partial charge in [0, 0.05) is 31.8 Å². The predicted molar refractivity (Wildman–Crippen MR) is 91.4 cm³/mol. The first-order valence-electron chi connectivity index (χ1n) is 7.90. The van der Waals surface area contributed by atoms with Gasteiger partial charge < -0.3 is 15.0 Å². The van der Waals surface area contributed by atoms with Crippen LogP contribution < -0.4 is 5.32 Å². The van der Waals surface area contributed by atoms with Crippen molar-refractivity contribution in [1.29, 1.82) is 0 Å². The first kappa shape index (κ1) is 18.8. The van der Waals surface area contributed by atoms with E-state index in [4.69, 9.17) is 16.3 Å². The normalized spacial score (nSPS) is 12.0. The fourth-order valence-corrected chi connectivity index (χ4v) is 2.11. The number of nitrogens with one attached hydrogen (secondary N) is 1. The number of hydrogen-bond donors (Lipinski definition) is 1. The quantitative estimate of drug-likeness (QED) is 0.689. The minimum absolute atomic E-state index is 0.00179. The molecule has 0 saturated carbocycles. The molecule has 0 bridgehead atoms. The average molecular weight is 327 g/mol. The van der Waals surface area contributed by atoms with Crippen molar-refractivity contribution in [2.24, 2.45) is 0 Å². The molecule has 0 radical (unpaired) electrons. The van der Waals surface area contributed by atoms with Gasteiger partial charge in [-0.2, -0.15) is 0 Å². The van der Waals surface area contributed by atoms with E-state index in [2.05, 4.69) is 12.2 Å². The highest BCUT2D eigenvalue weighted by molar-refractivity contribution is 6.30. The summed E-state index contributed by atoms with van der Waals surface area (Å²) in [7, 11) is 1.80. The van der Waals surface area contributed by atoms with Gasteiger partial charge >= 0.3 is 6.03 Å². The van der Waals surface area contributed by atoms with E-state index < -0.39 is 0 Å². The SMILES string of the molecule is CCCCOCCCNC(=O)N(C)C(C)c1ccc(Cl)cc1. The lowest BCUT2D eigenvalue weighted by atomic mass is 10.1. The molecular formula is C17H27ClN2O2. The van der Waals surface area contributed by atoms with E-state index in [0.717, 1.165) is 31.4 Å². The highest BCUT2D eigenvalue weighted by atomic mass is 35.5. The van der Waals surface area contributed by atoms with Crippen LogP contribution in [0.3, 0.4) is 0 Å². The van der Waals surface area contributed by atoms with E-state index >= 15 is 0 Å². The third-order valence-corrected chi connectivity index (χ3v) is 3.89. The highest BCUT2D eigenvalue weighted by Gasteiger charge is 2.16. The van der Waals surface area contributed by atoms with Gasteiger partial charge in [-0.05, 0) is 37.5 Å². The lowest BCUT2D eigenvalue weighted by Gasteiger charge is -2.25. The summed E-state index contributed by atoms with van der Waals surface area (Å²) >= 11 is 5.88. The second-order valence-electron chi connectivity index (χ2n) is 5.39. The predicted octanol–water partition coefficient (Wildman–Crippen LogP) is 4.25. The van der Waals surface area contributed by atoms with E-state index in [-0.39, 0.29) is 12.1 Å². The van der Waals surface area contributed by atoms with Crippen LogP contribution in [-0.2, 0) is 4.74 Å². The van der Waals surface area contributed by atoms with Crippen LogP contribution in [0.25, 0.3) is 0 Å². The lowest BCUT2D eigenvalue weighted by molar-refractivity contribution is 0.128. The van der Waals surface area contributed by atoms with Gasteiger partial charge in [0.15, 0.2) is 0 Å². The zero-order valence-corrected chi connectivity index (χ0v) is 14.5. The maximum absolute atomic E-state index is 12.1. The van der Waals surface area contributed by atoms with Crippen LogP contribution >= 0.6 is 11.6 Å². The van der Waals surface area contributed by atoms with E-state index in [0.29, 0.717) is 18.2 Å². The number of unbranched alkanes of at least 4 members (excludes halogenated alkanes) is 1. The van der Waals surface area contributed by atoms with Gasteiger partial charge in [-0.25, -0.2) is 4.79 Å². The fraction of sp³-hybridized carbons (Fsp3) is 0.588. The Labute approximate surface area is 138 Å². The first-order valence-corrected chi connectivity index (χ1v) is 8.28. The lowest BCUT2D eigenvalue weighted by Crippen LogP contribution is -2.39. The minimum atomic E-state index is -0.0731. The number of nitrogens with zero attached hydrogens (tertiary/aromatic N) is 1. The van der Waals surface area contributed by atoms with Crippen molar-refractivity contribution in [2.75, 3.05) is 26.8 Å². The van der Waals surface area contributed by atoms with Gasteiger partial charge in [-0.1, -0.05) is 37.1 Å². The summed E-state index contributed by atoms with van der Waals surface area (Å²) in [5, 5.41) is 3.62. The second-order valence-corrected chi connectivity index (χ2v) is 5.83. The number of hydrogen-bond acceptors (Lipinski definition) is 2. The molecule has 4 nitrogen and oxygen atoms in total. The van der Waals surface area contributed by atoms with Gasteiger partial charge in [0.2, 0.25) is 0 Å². The first-order chi connectivity index (χ1) is 10.6. The van der Waals surface area contributed by atoms with Gasteiger partial charge in [0.25, 0.3) is 0 Å². The Kier molecular flexibility index (Phi) is 8.94. The third-order valence-electron chi connectivity index (χ3n) is 3.64. The van der Waals surface area contributed by atoms with Crippen LogP contribution in [-0.4, -0.2) is 37.7 Å². The van der Waals surface area contributed by atoms with Gasteiger partial charge in [-0.15, -0.1) is 0 Å². The van der Waals surface area contributed by atoms with Crippen molar-refractivity contribution in [1.82, 2.24) is 10.2 Å². The molecule has 1 rings (SSSR count). The van der Waals surface area contributed by atoms with Crippen LogP contribution in [0.2, 0.25) is 5.02 Å². The Hall–Kier alpha value is -1.26. The van der Waals surface area contributed by atoms with Crippen LogP contribution in [0.15, 0.2) is 24.3 Å². The standard InChI is InChI=1S/C17H27ClN2O2/c1-4-5-12-22-13-6-11-19-17(21)20(3)14(2)15-7-9-16(18)10-8-15/h7-10,14H,4-6,11-13H2,1-3H3,(H,19,21). The second kappa shape index (κ2) is 10.5. The number of amides is 2. The molecule has 0 fully saturated rings. The van der Waals surface area contributed by atoms with E-state index in [1.165, 1.54) is 0 Å².